The van der Waals surface area contributed by atoms with Crippen LogP contribution in [0.15, 0.2) is 36.7 Å². The number of likely N-dealkylation sites (tertiary alicyclic amines) is 1. The topological polar surface area (TPSA) is 58.1 Å². The molecule has 2 aromatic rings. The number of aryl methyl sites for hydroxylation is 1. The first-order chi connectivity index (χ1) is 11.1. The minimum Gasteiger partial charge on any atom is -0.351 e. The van der Waals surface area contributed by atoms with E-state index in [4.69, 9.17) is 11.6 Å². The third-order valence-corrected chi connectivity index (χ3v) is 4.23. The Labute approximate surface area is 140 Å². The Morgan fingerprint density at radius 1 is 1.17 bits per heavy atom. The normalized spacial score (nSPS) is 15.5. The second-order valence-electron chi connectivity index (χ2n) is 5.80. The van der Waals surface area contributed by atoms with E-state index in [1.54, 1.807) is 12.4 Å². The lowest BCUT2D eigenvalue weighted by Gasteiger charge is -2.32. The first kappa shape index (κ1) is 15.7. The van der Waals surface area contributed by atoms with E-state index in [1.165, 1.54) is 0 Å². The molecule has 1 amide bonds. The second-order valence-corrected chi connectivity index (χ2v) is 6.24. The van der Waals surface area contributed by atoms with E-state index in [-0.39, 0.29) is 11.9 Å². The van der Waals surface area contributed by atoms with Gasteiger partial charge in [-0.25, -0.2) is 9.97 Å². The molecule has 0 saturated carbocycles. The molecule has 1 N–H and O–H groups in total. The number of benzene rings is 1. The van der Waals surface area contributed by atoms with Crippen molar-refractivity contribution in [2.24, 2.45) is 0 Å². The molecule has 0 bridgehead atoms. The summed E-state index contributed by atoms with van der Waals surface area (Å²) < 4.78 is 0. The first-order valence-electron chi connectivity index (χ1n) is 7.72. The van der Waals surface area contributed by atoms with E-state index in [9.17, 15) is 4.79 Å². The van der Waals surface area contributed by atoms with Crippen molar-refractivity contribution in [2.75, 3.05) is 18.4 Å². The zero-order valence-electron chi connectivity index (χ0n) is 13.0. The summed E-state index contributed by atoms with van der Waals surface area (Å²) in [5, 5.41) is 3.82. The number of carbonyl (C=O) groups is 1. The average molecular weight is 331 g/mol. The molecule has 1 aliphatic heterocycles. The van der Waals surface area contributed by atoms with Gasteiger partial charge >= 0.3 is 0 Å². The predicted octanol–water partition coefficient (Wildman–Crippen LogP) is 3.16. The van der Waals surface area contributed by atoms with Crippen LogP contribution in [0.25, 0.3) is 0 Å². The van der Waals surface area contributed by atoms with Gasteiger partial charge in [0, 0.05) is 24.7 Å². The van der Waals surface area contributed by atoms with Crippen LogP contribution in [0.2, 0.25) is 5.02 Å². The number of nitrogens with one attached hydrogen (secondary N) is 1. The number of anilines is 1. The van der Waals surface area contributed by atoms with Crippen LogP contribution in [0.4, 0.5) is 5.95 Å². The summed E-state index contributed by atoms with van der Waals surface area (Å²) in [5.41, 5.74) is 1.91. The van der Waals surface area contributed by atoms with Crippen molar-refractivity contribution in [1.82, 2.24) is 14.9 Å². The number of piperidine rings is 1. The number of carbonyl (C=O) groups excluding carboxylic acids is 1. The molecule has 2 heterocycles. The summed E-state index contributed by atoms with van der Waals surface area (Å²) in [6, 6.07) is 8.00. The number of nitrogens with zero attached hydrogens (tertiary/aromatic N) is 3. The van der Waals surface area contributed by atoms with E-state index in [1.807, 2.05) is 36.1 Å². The maximum absolute atomic E-state index is 12.5. The molecule has 1 aliphatic rings. The third-order valence-electron chi connectivity index (χ3n) is 4.03. The molecular formula is C17H19ClN4O. The Morgan fingerprint density at radius 3 is 2.39 bits per heavy atom. The summed E-state index contributed by atoms with van der Waals surface area (Å²) in [7, 11) is 0. The molecule has 6 heteroatoms. The summed E-state index contributed by atoms with van der Waals surface area (Å²) in [6.45, 7) is 3.49. The van der Waals surface area contributed by atoms with Gasteiger partial charge in [0.15, 0.2) is 0 Å². The van der Waals surface area contributed by atoms with Gasteiger partial charge < -0.3 is 10.2 Å². The fourth-order valence-electron chi connectivity index (χ4n) is 2.68. The van der Waals surface area contributed by atoms with Crippen molar-refractivity contribution in [1.29, 1.82) is 0 Å². The maximum Gasteiger partial charge on any atom is 0.253 e. The Kier molecular flexibility index (Phi) is 4.76. The molecule has 0 aliphatic carbocycles. The lowest BCUT2D eigenvalue weighted by atomic mass is 10.0. The maximum atomic E-state index is 12.5. The van der Waals surface area contributed by atoms with Crippen LogP contribution < -0.4 is 5.32 Å². The Morgan fingerprint density at radius 2 is 1.78 bits per heavy atom. The van der Waals surface area contributed by atoms with E-state index in [0.717, 1.165) is 37.1 Å². The van der Waals surface area contributed by atoms with Crippen molar-refractivity contribution < 1.29 is 4.79 Å². The quantitative estimate of drug-likeness (QED) is 0.939. The Hall–Kier alpha value is -2.14. The van der Waals surface area contributed by atoms with Crippen molar-refractivity contribution >= 4 is 23.5 Å². The van der Waals surface area contributed by atoms with Gasteiger partial charge in [0.1, 0.15) is 0 Å². The minimum absolute atomic E-state index is 0.103. The largest absolute Gasteiger partial charge is 0.351 e. The van der Waals surface area contributed by atoms with Gasteiger partial charge in [-0.05, 0) is 31.9 Å². The molecule has 1 saturated heterocycles. The highest BCUT2D eigenvalue weighted by atomic mass is 35.5. The van der Waals surface area contributed by atoms with Crippen LogP contribution in [0, 0.1) is 6.92 Å². The highest BCUT2D eigenvalue weighted by Gasteiger charge is 2.23. The summed E-state index contributed by atoms with van der Waals surface area (Å²) in [5.74, 6) is 0.684. The average Bonchev–Trinajstić information content (AvgIpc) is 2.58. The predicted molar refractivity (Wildman–Crippen MR) is 90.8 cm³/mol. The molecule has 5 nitrogen and oxygen atoms in total. The molecule has 120 valence electrons. The summed E-state index contributed by atoms with van der Waals surface area (Å²) in [6.07, 6.45) is 4.91. The van der Waals surface area contributed by atoms with Gasteiger partial charge in [-0.1, -0.05) is 29.3 Å². The first-order valence-corrected chi connectivity index (χ1v) is 8.09. The fraction of sp³-hybridized carbons (Fsp3) is 0.353. The molecule has 1 aromatic heterocycles. The monoisotopic (exact) mass is 330 g/mol. The van der Waals surface area contributed by atoms with Crippen LogP contribution in [0.5, 0.6) is 0 Å². The second kappa shape index (κ2) is 6.96. The van der Waals surface area contributed by atoms with Crippen LogP contribution in [0.1, 0.15) is 28.8 Å². The molecule has 1 fully saturated rings. The van der Waals surface area contributed by atoms with Crippen LogP contribution in [-0.2, 0) is 0 Å². The molecule has 0 unspecified atom stereocenters. The number of rotatable bonds is 3. The molecule has 3 rings (SSSR count). The summed E-state index contributed by atoms with van der Waals surface area (Å²) >= 11 is 5.78. The Bertz CT molecular complexity index is 664. The zero-order valence-corrected chi connectivity index (χ0v) is 13.8. The van der Waals surface area contributed by atoms with Crippen LogP contribution in [-0.4, -0.2) is 39.9 Å². The van der Waals surface area contributed by atoms with E-state index in [2.05, 4.69) is 15.3 Å². The van der Waals surface area contributed by atoms with Crippen LogP contribution >= 0.6 is 11.6 Å². The SMILES string of the molecule is Cc1ccc(C(=O)N2CCC(Nc3ncc(Cl)cn3)CC2)cc1. The highest BCUT2D eigenvalue weighted by Crippen LogP contribution is 2.17. The van der Waals surface area contributed by atoms with Crippen molar-refractivity contribution in [2.45, 2.75) is 25.8 Å². The molecule has 0 radical (unpaired) electrons. The van der Waals surface area contributed by atoms with Crippen LogP contribution in [0.3, 0.4) is 0 Å². The van der Waals surface area contributed by atoms with Gasteiger partial charge in [0.25, 0.3) is 5.91 Å². The van der Waals surface area contributed by atoms with Gasteiger partial charge in [-0.15, -0.1) is 0 Å². The molecular weight excluding hydrogens is 312 g/mol. The molecule has 0 spiro atoms. The number of amides is 1. The number of halogens is 1. The van der Waals surface area contributed by atoms with Gasteiger partial charge in [-0.3, -0.25) is 4.79 Å². The third kappa shape index (κ3) is 3.99. The standard InChI is InChI=1S/C17H19ClN4O/c1-12-2-4-13(5-3-12)16(23)22-8-6-15(7-9-22)21-17-19-10-14(18)11-20-17/h2-5,10-11,15H,6-9H2,1H3,(H,19,20,21). The molecule has 1 aromatic carbocycles. The van der Waals surface area contributed by atoms with Crippen molar-refractivity contribution in [3.8, 4) is 0 Å². The van der Waals surface area contributed by atoms with Crippen molar-refractivity contribution in [3.05, 3.63) is 52.8 Å². The lowest BCUT2D eigenvalue weighted by molar-refractivity contribution is 0.0718. The Balaban J connectivity index is 1.54. The highest BCUT2D eigenvalue weighted by molar-refractivity contribution is 6.30. The molecule has 0 atom stereocenters. The number of hydrogen-bond acceptors (Lipinski definition) is 4. The van der Waals surface area contributed by atoms with E-state index >= 15 is 0 Å². The fourth-order valence-corrected chi connectivity index (χ4v) is 2.77. The minimum atomic E-state index is 0.103. The zero-order chi connectivity index (χ0) is 16.2. The lowest BCUT2D eigenvalue weighted by Crippen LogP contribution is -2.42. The van der Waals surface area contributed by atoms with Gasteiger partial charge in [0.05, 0.1) is 17.4 Å². The van der Waals surface area contributed by atoms with Gasteiger partial charge in [-0.2, -0.15) is 0 Å². The number of hydrogen-bond donors (Lipinski definition) is 1. The van der Waals surface area contributed by atoms with Crippen molar-refractivity contribution in [3.63, 3.8) is 0 Å². The number of aromatic nitrogens is 2. The van der Waals surface area contributed by atoms with E-state index < -0.39 is 0 Å². The molecule has 23 heavy (non-hydrogen) atoms. The smallest absolute Gasteiger partial charge is 0.253 e. The van der Waals surface area contributed by atoms with E-state index in [0.29, 0.717) is 11.0 Å². The summed E-state index contributed by atoms with van der Waals surface area (Å²) in [4.78, 5) is 22.7. The van der Waals surface area contributed by atoms with Gasteiger partial charge in [0.2, 0.25) is 5.95 Å².